The standard InChI is InChI=1S/C63H42N4OSi/c1-4-21-47(22-5-1)69(48-23-6-2-7-24-48,49-25-8-3-9-26-49)50-38-35-43(36-39-50)61-64-62(46-20-18-19-44(41-46)45-37-40-60-55(42-45)53-29-13-17-34-59(53)68-60)66-63(65-61)54-30-12-16-33-58(54)67-56-31-14-10-27-51(56)52-28-11-15-32-57(52)67/h1-42H. The Labute approximate surface area is 400 Å². The molecule has 6 heteroatoms. The SMILES string of the molecule is c1ccc([Si](c2ccccc2)(c2ccccc2)c2ccc(-c3nc(-c4cccc(-c5ccc6oc7ccccc7c6c5)c4)nc(-c4ccccc4-n4c5ccccc5c5ccccc54)n3)cc2)cc1. The minimum atomic E-state index is -2.76. The fraction of sp³-hybridized carbons (Fsp3) is 0. The molecule has 0 atom stereocenters. The molecule has 0 spiro atoms. The number of para-hydroxylation sites is 4. The summed E-state index contributed by atoms with van der Waals surface area (Å²) in [6.07, 6.45) is 0. The van der Waals surface area contributed by atoms with Gasteiger partial charge in [-0.05, 0) is 80.4 Å². The zero-order valence-electron chi connectivity index (χ0n) is 37.4. The molecule has 0 bridgehead atoms. The molecular weight excluding hydrogens is 857 g/mol. The minimum Gasteiger partial charge on any atom is -0.456 e. The van der Waals surface area contributed by atoms with Gasteiger partial charge in [-0.2, -0.15) is 0 Å². The van der Waals surface area contributed by atoms with Crippen molar-refractivity contribution >= 4 is 72.6 Å². The lowest BCUT2D eigenvalue weighted by Gasteiger charge is -2.34. The first kappa shape index (κ1) is 40.3. The first-order valence-corrected chi connectivity index (χ1v) is 25.3. The van der Waals surface area contributed by atoms with Crippen molar-refractivity contribution < 1.29 is 4.42 Å². The molecule has 0 radical (unpaired) electrons. The lowest BCUT2D eigenvalue weighted by Crippen LogP contribution is -2.74. The summed E-state index contributed by atoms with van der Waals surface area (Å²) in [4.78, 5) is 16.1. The number of rotatable bonds is 9. The van der Waals surface area contributed by atoms with E-state index >= 15 is 0 Å². The van der Waals surface area contributed by atoms with Crippen LogP contribution in [0, 0.1) is 0 Å². The summed E-state index contributed by atoms with van der Waals surface area (Å²) >= 11 is 0. The minimum absolute atomic E-state index is 0.592. The molecule has 0 saturated heterocycles. The van der Waals surface area contributed by atoms with Crippen molar-refractivity contribution in [3.63, 3.8) is 0 Å². The Hall–Kier alpha value is -8.97. The number of fused-ring (bicyclic) bond motifs is 6. The van der Waals surface area contributed by atoms with Crippen molar-refractivity contribution in [2.24, 2.45) is 0 Å². The van der Waals surface area contributed by atoms with Gasteiger partial charge in [0, 0.05) is 38.2 Å². The van der Waals surface area contributed by atoms with Gasteiger partial charge in [-0.1, -0.05) is 206 Å². The Balaban J connectivity index is 1.00. The molecule has 0 aliphatic rings. The first-order valence-electron chi connectivity index (χ1n) is 23.3. The monoisotopic (exact) mass is 898 g/mol. The largest absolute Gasteiger partial charge is 0.456 e. The van der Waals surface area contributed by atoms with E-state index in [1.807, 2.05) is 12.1 Å². The fourth-order valence-corrected chi connectivity index (χ4v) is 15.2. The van der Waals surface area contributed by atoms with Crippen LogP contribution >= 0.6 is 0 Å². The highest BCUT2D eigenvalue weighted by molar-refractivity contribution is 7.19. The topological polar surface area (TPSA) is 56.7 Å². The van der Waals surface area contributed by atoms with Gasteiger partial charge in [0.15, 0.2) is 25.5 Å². The van der Waals surface area contributed by atoms with E-state index in [0.29, 0.717) is 17.5 Å². The second-order valence-electron chi connectivity index (χ2n) is 17.5. The number of hydrogen-bond acceptors (Lipinski definition) is 4. The molecule has 0 aliphatic heterocycles. The van der Waals surface area contributed by atoms with Crippen molar-refractivity contribution in [2.75, 3.05) is 0 Å². The number of furan rings is 1. The van der Waals surface area contributed by atoms with Crippen LogP contribution < -0.4 is 20.7 Å². The van der Waals surface area contributed by atoms with Gasteiger partial charge in [-0.25, -0.2) is 15.0 Å². The van der Waals surface area contributed by atoms with Crippen molar-refractivity contribution in [2.45, 2.75) is 0 Å². The average Bonchev–Trinajstić information content (AvgIpc) is 3.98. The van der Waals surface area contributed by atoms with E-state index in [4.69, 9.17) is 19.4 Å². The molecule has 0 N–H and O–H groups in total. The van der Waals surface area contributed by atoms with Crippen LogP contribution in [0.3, 0.4) is 0 Å². The molecule has 0 unspecified atom stereocenters. The predicted octanol–water partition coefficient (Wildman–Crippen LogP) is 12.9. The molecule has 0 fully saturated rings. The molecule has 0 saturated carbocycles. The first-order chi connectivity index (χ1) is 34.2. The van der Waals surface area contributed by atoms with Crippen molar-refractivity contribution in [1.82, 2.24) is 19.5 Å². The maximum atomic E-state index is 6.20. The number of aromatic nitrogens is 4. The maximum absolute atomic E-state index is 6.20. The quantitative estimate of drug-likeness (QED) is 0.107. The Morgan fingerprint density at radius 1 is 0.304 bits per heavy atom. The Bertz CT molecular complexity index is 3860. The lowest BCUT2D eigenvalue weighted by atomic mass is 10.0. The van der Waals surface area contributed by atoms with Crippen LogP contribution in [-0.2, 0) is 0 Å². The van der Waals surface area contributed by atoms with E-state index in [1.54, 1.807) is 0 Å². The summed E-state index contributed by atoms with van der Waals surface area (Å²) in [5.41, 5.74) is 9.83. The van der Waals surface area contributed by atoms with E-state index in [9.17, 15) is 0 Å². The molecule has 3 aromatic heterocycles. The number of nitrogens with zero attached hydrogens (tertiary/aromatic N) is 4. The summed E-state index contributed by atoms with van der Waals surface area (Å²) in [6, 6.07) is 90.9. The smallest absolute Gasteiger partial charge is 0.179 e. The van der Waals surface area contributed by atoms with E-state index < -0.39 is 8.07 Å². The van der Waals surface area contributed by atoms with Crippen LogP contribution in [-0.4, -0.2) is 27.6 Å². The summed E-state index contributed by atoms with van der Waals surface area (Å²) in [7, 11) is -2.76. The van der Waals surface area contributed by atoms with E-state index in [-0.39, 0.29) is 0 Å². The summed E-state index contributed by atoms with van der Waals surface area (Å²) in [5, 5.41) is 9.81. The van der Waals surface area contributed by atoms with Crippen LogP contribution in [0.2, 0.25) is 0 Å². The van der Waals surface area contributed by atoms with E-state index in [0.717, 1.165) is 66.5 Å². The molecule has 5 nitrogen and oxygen atoms in total. The highest BCUT2D eigenvalue weighted by atomic mass is 28.3. The van der Waals surface area contributed by atoms with Gasteiger partial charge in [-0.15, -0.1) is 0 Å². The van der Waals surface area contributed by atoms with Crippen molar-refractivity contribution in [3.05, 3.63) is 255 Å². The second-order valence-corrected chi connectivity index (χ2v) is 21.3. The van der Waals surface area contributed by atoms with Crippen LogP contribution in [0.5, 0.6) is 0 Å². The molecule has 0 amide bonds. The Morgan fingerprint density at radius 3 is 1.42 bits per heavy atom. The summed E-state index contributed by atoms with van der Waals surface area (Å²) in [5.74, 6) is 1.78. The molecule has 0 aliphatic carbocycles. The third-order valence-corrected chi connectivity index (χ3v) is 18.4. The summed E-state index contributed by atoms with van der Waals surface area (Å²) < 4.78 is 8.54. The van der Waals surface area contributed by atoms with Gasteiger partial charge in [0.25, 0.3) is 0 Å². The number of hydrogen-bond donors (Lipinski definition) is 0. The highest BCUT2D eigenvalue weighted by Gasteiger charge is 2.41. The fourth-order valence-electron chi connectivity index (χ4n) is 10.5. The average molecular weight is 899 g/mol. The van der Waals surface area contributed by atoms with Gasteiger partial charge >= 0.3 is 0 Å². The second kappa shape index (κ2) is 16.7. The zero-order valence-corrected chi connectivity index (χ0v) is 38.4. The maximum Gasteiger partial charge on any atom is 0.179 e. The van der Waals surface area contributed by atoms with Crippen molar-refractivity contribution in [3.8, 4) is 51.0 Å². The molecule has 324 valence electrons. The third-order valence-electron chi connectivity index (χ3n) is 13.6. The van der Waals surface area contributed by atoms with Crippen LogP contribution in [0.4, 0.5) is 0 Å². The predicted molar refractivity (Wildman–Crippen MR) is 287 cm³/mol. The normalized spacial score (nSPS) is 11.8. The van der Waals surface area contributed by atoms with Crippen LogP contribution in [0.25, 0.3) is 94.7 Å². The van der Waals surface area contributed by atoms with Gasteiger partial charge in [0.1, 0.15) is 11.2 Å². The van der Waals surface area contributed by atoms with E-state index in [1.165, 1.54) is 31.5 Å². The van der Waals surface area contributed by atoms with Crippen LogP contribution in [0.15, 0.2) is 259 Å². The Morgan fingerprint density at radius 2 is 0.768 bits per heavy atom. The van der Waals surface area contributed by atoms with E-state index in [2.05, 4.69) is 247 Å². The van der Waals surface area contributed by atoms with Gasteiger partial charge in [0.2, 0.25) is 0 Å². The van der Waals surface area contributed by atoms with Gasteiger partial charge in [0.05, 0.1) is 16.7 Å². The summed E-state index contributed by atoms with van der Waals surface area (Å²) in [6.45, 7) is 0. The molecule has 10 aromatic carbocycles. The molecule has 3 heterocycles. The zero-order chi connectivity index (χ0) is 45.7. The van der Waals surface area contributed by atoms with Crippen molar-refractivity contribution in [1.29, 1.82) is 0 Å². The third kappa shape index (κ3) is 6.80. The lowest BCUT2D eigenvalue weighted by molar-refractivity contribution is 0.669. The molecule has 69 heavy (non-hydrogen) atoms. The molecular formula is C63H42N4OSi. The van der Waals surface area contributed by atoms with Crippen LogP contribution in [0.1, 0.15) is 0 Å². The Kier molecular flexibility index (Phi) is 9.77. The van der Waals surface area contributed by atoms with Gasteiger partial charge < -0.3 is 8.98 Å². The van der Waals surface area contributed by atoms with Gasteiger partial charge in [-0.3, -0.25) is 0 Å². The number of benzene rings is 10. The highest BCUT2D eigenvalue weighted by Crippen LogP contribution is 2.37. The molecule has 13 aromatic rings. The molecule has 13 rings (SSSR count).